The molecule has 0 bridgehead atoms. The summed E-state index contributed by atoms with van der Waals surface area (Å²) in [5.41, 5.74) is 7.39. The number of hydrogen-bond donors (Lipinski definition) is 2. The minimum Gasteiger partial charge on any atom is -0.486 e. The number of ether oxygens (including phenoxy) is 1. The maximum Gasteiger partial charge on any atom is 0.178 e. The van der Waals surface area contributed by atoms with Crippen LogP contribution in [0.15, 0.2) is 24.5 Å². The summed E-state index contributed by atoms with van der Waals surface area (Å²) in [5, 5.41) is 13.1. The van der Waals surface area contributed by atoms with Crippen LogP contribution in [0, 0.1) is 11.3 Å². The molecule has 5 nitrogen and oxygen atoms in total. The highest BCUT2D eigenvalue weighted by Crippen LogP contribution is 2.42. The first kappa shape index (κ1) is 14.2. The topological polar surface area (TPSA) is 84.0 Å². The number of rotatable bonds is 5. The third-order valence-corrected chi connectivity index (χ3v) is 3.58. The molecule has 0 saturated carbocycles. The molecule has 6 heteroatoms. The minimum atomic E-state index is -0.00242. The van der Waals surface area contributed by atoms with E-state index in [9.17, 15) is 0 Å². The van der Waals surface area contributed by atoms with Crippen molar-refractivity contribution >= 4 is 22.0 Å². The number of nitrogens with zero attached hydrogens (tertiary/aromatic N) is 2. The van der Waals surface area contributed by atoms with Crippen molar-refractivity contribution in [3.8, 4) is 11.8 Å². The van der Waals surface area contributed by atoms with Gasteiger partial charge in [0.2, 0.25) is 0 Å². The summed E-state index contributed by atoms with van der Waals surface area (Å²) >= 11 is 1.30. The number of hydrogen-bond acceptors (Lipinski definition) is 6. The second kappa shape index (κ2) is 6.26. The maximum absolute atomic E-state index is 9.06. The fourth-order valence-corrected chi connectivity index (χ4v) is 2.51. The second-order valence-corrected chi connectivity index (χ2v) is 5.52. The van der Waals surface area contributed by atoms with Crippen LogP contribution in [0.5, 0.6) is 5.75 Å². The van der Waals surface area contributed by atoms with Crippen LogP contribution < -0.4 is 15.8 Å². The van der Waals surface area contributed by atoms with E-state index in [1.165, 1.54) is 11.3 Å². The Morgan fingerprint density at radius 3 is 2.95 bits per heavy atom. The van der Waals surface area contributed by atoms with E-state index in [4.69, 9.17) is 15.7 Å². The molecular formula is C14H16N4OS. The first-order valence-corrected chi connectivity index (χ1v) is 7.05. The molecule has 2 heterocycles. The van der Waals surface area contributed by atoms with Gasteiger partial charge in [-0.1, -0.05) is 6.07 Å². The number of nitriles is 1. The summed E-state index contributed by atoms with van der Waals surface area (Å²) in [6, 6.07) is 5.95. The predicted octanol–water partition coefficient (Wildman–Crippen LogP) is 3.00. The number of thiophene rings is 1. The lowest BCUT2D eigenvalue weighted by Gasteiger charge is -2.12. The SMILES string of the molecule is CC(C)Oc1c(NCc2cccnc2)sc(C#N)c1N. The van der Waals surface area contributed by atoms with Crippen LogP contribution in [0.3, 0.4) is 0 Å². The summed E-state index contributed by atoms with van der Waals surface area (Å²) in [5.74, 6) is 0.561. The van der Waals surface area contributed by atoms with Gasteiger partial charge in [0.15, 0.2) is 5.75 Å². The Morgan fingerprint density at radius 1 is 1.55 bits per heavy atom. The highest BCUT2D eigenvalue weighted by atomic mass is 32.1. The first-order valence-electron chi connectivity index (χ1n) is 6.23. The van der Waals surface area contributed by atoms with Gasteiger partial charge in [-0.15, -0.1) is 11.3 Å². The van der Waals surface area contributed by atoms with Crippen molar-refractivity contribution in [3.05, 3.63) is 35.0 Å². The van der Waals surface area contributed by atoms with Gasteiger partial charge in [0, 0.05) is 18.9 Å². The van der Waals surface area contributed by atoms with Crippen molar-refractivity contribution in [2.45, 2.75) is 26.5 Å². The van der Waals surface area contributed by atoms with Crippen molar-refractivity contribution in [3.63, 3.8) is 0 Å². The van der Waals surface area contributed by atoms with Crippen molar-refractivity contribution in [1.29, 1.82) is 5.26 Å². The zero-order valence-corrected chi connectivity index (χ0v) is 12.2. The van der Waals surface area contributed by atoms with E-state index in [1.807, 2.05) is 26.0 Å². The molecule has 20 heavy (non-hydrogen) atoms. The normalized spacial score (nSPS) is 10.3. The molecule has 0 aromatic carbocycles. The summed E-state index contributed by atoms with van der Waals surface area (Å²) in [6.45, 7) is 4.45. The average molecular weight is 288 g/mol. The van der Waals surface area contributed by atoms with Gasteiger partial charge in [0.25, 0.3) is 0 Å². The molecule has 0 aliphatic carbocycles. The molecule has 0 aliphatic rings. The van der Waals surface area contributed by atoms with E-state index in [2.05, 4.69) is 16.4 Å². The van der Waals surface area contributed by atoms with Crippen molar-refractivity contribution in [2.24, 2.45) is 0 Å². The quantitative estimate of drug-likeness (QED) is 0.883. The highest BCUT2D eigenvalue weighted by Gasteiger charge is 2.18. The van der Waals surface area contributed by atoms with Crippen LogP contribution in [0.25, 0.3) is 0 Å². The number of aromatic nitrogens is 1. The van der Waals surface area contributed by atoms with Crippen molar-refractivity contribution < 1.29 is 4.74 Å². The van der Waals surface area contributed by atoms with E-state index in [0.717, 1.165) is 10.6 Å². The van der Waals surface area contributed by atoms with Crippen LogP contribution in [0.1, 0.15) is 24.3 Å². The summed E-state index contributed by atoms with van der Waals surface area (Å²) < 4.78 is 5.70. The van der Waals surface area contributed by atoms with E-state index in [1.54, 1.807) is 12.4 Å². The summed E-state index contributed by atoms with van der Waals surface area (Å²) in [6.07, 6.45) is 3.52. The van der Waals surface area contributed by atoms with Crippen LogP contribution in [0.4, 0.5) is 10.7 Å². The minimum absolute atomic E-state index is 0.00242. The van der Waals surface area contributed by atoms with Crippen molar-refractivity contribution in [2.75, 3.05) is 11.1 Å². The lowest BCUT2D eigenvalue weighted by Crippen LogP contribution is -2.08. The molecule has 2 aromatic rings. The number of nitrogens with two attached hydrogens (primary N) is 1. The molecule has 0 saturated heterocycles. The Morgan fingerprint density at radius 2 is 2.35 bits per heavy atom. The van der Waals surface area contributed by atoms with Crippen LogP contribution in [-0.2, 0) is 6.54 Å². The number of pyridine rings is 1. The molecule has 2 rings (SSSR count). The van der Waals surface area contributed by atoms with Crippen LogP contribution in [0.2, 0.25) is 0 Å². The lowest BCUT2D eigenvalue weighted by atomic mass is 10.3. The largest absolute Gasteiger partial charge is 0.486 e. The Labute approximate surface area is 122 Å². The Kier molecular flexibility index (Phi) is 4.43. The van der Waals surface area contributed by atoms with Crippen LogP contribution >= 0.6 is 11.3 Å². The predicted molar refractivity (Wildman–Crippen MR) is 80.8 cm³/mol. The third-order valence-electron chi connectivity index (χ3n) is 2.53. The molecule has 3 N–H and O–H groups in total. The molecule has 2 aromatic heterocycles. The van der Waals surface area contributed by atoms with Gasteiger partial charge in [0.05, 0.1) is 6.10 Å². The monoisotopic (exact) mass is 288 g/mol. The number of nitrogen functional groups attached to an aromatic ring is 1. The summed E-state index contributed by atoms with van der Waals surface area (Å²) in [4.78, 5) is 4.53. The number of nitrogens with one attached hydrogen (secondary N) is 1. The molecule has 0 atom stereocenters. The van der Waals surface area contributed by atoms with E-state index >= 15 is 0 Å². The fourth-order valence-electron chi connectivity index (χ4n) is 1.67. The third kappa shape index (κ3) is 3.19. The molecule has 0 aliphatic heterocycles. The van der Waals surface area contributed by atoms with Gasteiger partial charge in [-0.25, -0.2) is 0 Å². The molecule has 0 unspecified atom stereocenters. The maximum atomic E-state index is 9.06. The second-order valence-electron chi connectivity index (χ2n) is 4.50. The van der Waals surface area contributed by atoms with Gasteiger partial charge < -0.3 is 15.8 Å². The van der Waals surface area contributed by atoms with Gasteiger partial charge in [0.1, 0.15) is 21.6 Å². The first-order chi connectivity index (χ1) is 9.61. The Balaban J connectivity index is 2.20. The smallest absolute Gasteiger partial charge is 0.178 e. The van der Waals surface area contributed by atoms with Crippen LogP contribution in [-0.4, -0.2) is 11.1 Å². The van der Waals surface area contributed by atoms with Gasteiger partial charge in [-0.05, 0) is 25.5 Å². The van der Waals surface area contributed by atoms with Gasteiger partial charge in [-0.2, -0.15) is 5.26 Å². The zero-order chi connectivity index (χ0) is 14.5. The van der Waals surface area contributed by atoms with Gasteiger partial charge >= 0.3 is 0 Å². The fraction of sp³-hybridized carbons (Fsp3) is 0.286. The Hall–Kier alpha value is -2.26. The van der Waals surface area contributed by atoms with Gasteiger partial charge in [-0.3, -0.25) is 4.98 Å². The van der Waals surface area contributed by atoms with E-state index < -0.39 is 0 Å². The highest BCUT2D eigenvalue weighted by molar-refractivity contribution is 7.17. The van der Waals surface area contributed by atoms with E-state index in [0.29, 0.717) is 22.9 Å². The van der Waals surface area contributed by atoms with E-state index in [-0.39, 0.29) is 6.10 Å². The summed E-state index contributed by atoms with van der Waals surface area (Å²) in [7, 11) is 0. The molecule has 0 radical (unpaired) electrons. The zero-order valence-electron chi connectivity index (χ0n) is 11.4. The molecule has 0 fully saturated rings. The molecular weight excluding hydrogens is 272 g/mol. The van der Waals surface area contributed by atoms with Crippen molar-refractivity contribution in [1.82, 2.24) is 4.98 Å². The number of anilines is 2. The average Bonchev–Trinajstić information content (AvgIpc) is 2.74. The Bertz CT molecular complexity index is 616. The lowest BCUT2D eigenvalue weighted by molar-refractivity contribution is 0.246. The molecule has 0 spiro atoms. The standard InChI is InChI=1S/C14H16N4OS/c1-9(2)19-13-12(16)11(6-15)20-14(13)18-8-10-4-3-5-17-7-10/h3-5,7,9,18H,8,16H2,1-2H3. The molecule has 104 valence electrons. The molecule has 0 amide bonds.